The molecule has 9 aromatic carbocycles. The Balaban J connectivity index is 1.01. The number of rotatable bonds is 5. The first-order valence-corrected chi connectivity index (χ1v) is 22.9. The molecule has 12 aromatic rings. The van der Waals surface area contributed by atoms with E-state index in [2.05, 4.69) is 234 Å². The van der Waals surface area contributed by atoms with Crippen LogP contribution in [0.15, 0.2) is 223 Å². The molecule has 4 nitrogen and oxygen atoms in total. The smallest absolute Gasteiger partial charge is 0.135 e. The van der Waals surface area contributed by atoms with Crippen molar-refractivity contribution in [1.82, 2.24) is 9.13 Å². The number of aromatic nitrogens is 2. The summed E-state index contributed by atoms with van der Waals surface area (Å²) in [6.45, 7) is 4.77. The Morgan fingerprint density at radius 3 is 1.95 bits per heavy atom. The fourth-order valence-electron chi connectivity index (χ4n) is 11.6. The highest BCUT2D eigenvalue weighted by atomic mass is 16.3. The second-order valence-electron chi connectivity index (χ2n) is 18.5. The predicted molar refractivity (Wildman–Crippen MR) is 272 cm³/mol. The van der Waals surface area contributed by atoms with Crippen molar-refractivity contribution in [2.24, 2.45) is 0 Å². The average molecular weight is 846 g/mol. The molecule has 0 fully saturated rings. The van der Waals surface area contributed by atoms with Gasteiger partial charge < -0.3 is 18.5 Å². The van der Waals surface area contributed by atoms with E-state index in [9.17, 15) is 0 Å². The maximum absolute atomic E-state index is 6.25. The second kappa shape index (κ2) is 13.8. The van der Waals surface area contributed by atoms with E-state index < -0.39 is 0 Å². The molecule has 4 heterocycles. The second-order valence-corrected chi connectivity index (χ2v) is 18.5. The molecule has 0 N–H and O–H groups in total. The van der Waals surface area contributed by atoms with Crippen molar-refractivity contribution in [2.75, 3.05) is 4.90 Å². The Morgan fingerprint density at radius 2 is 1.09 bits per heavy atom. The molecule has 0 saturated heterocycles. The topological polar surface area (TPSA) is 26.2 Å². The molecule has 0 radical (unpaired) electrons. The van der Waals surface area contributed by atoms with E-state index in [0.29, 0.717) is 0 Å². The lowest BCUT2D eigenvalue weighted by atomic mass is 9.73. The molecule has 2 aliphatic rings. The van der Waals surface area contributed by atoms with Crippen LogP contribution >= 0.6 is 0 Å². The maximum atomic E-state index is 6.25. The average Bonchev–Trinajstić information content (AvgIpc) is 4.15. The van der Waals surface area contributed by atoms with Crippen molar-refractivity contribution in [2.45, 2.75) is 25.2 Å². The first-order valence-electron chi connectivity index (χ1n) is 22.9. The molecule has 3 aromatic heterocycles. The number of furan rings is 1. The summed E-state index contributed by atoms with van der Waals surface area (Å²) in [5.41, 5.74) is 21.3. The molecule has 1 atom stereocenters. The molecule has 312 valence electrons. The van der Waals surface area contributed by atoms with Gasteiger partial charge in [0, 0.05) is 62.2 Å². The highest BCUT2D eigenvalue weighted by Gasteiger charge is 2.40. The lowest BCUT2D eigenvalue weighted by molar-refractivity contribution is 0.633. The van der Waals surface area contributed by atoms with Crippen LogP contribution in [-0.2, 0) is 5.41 Å². The first-order chi connectivity index (χ1) is 32.5. The van der Waals surface area contributed by atoms with Crippen LogP contribution in [0, 0.1) is 0 Å². The third kappa shape index (κ3) is 5.27. The van der Waals surface area contributed by atoms with E-state index in [0.717, 1.165) is 39.0 Å². The van der Waals surface area contributed by atoms with Crippen LogP contribution in [0.5, 0.6) is 0 Å². The van der Waals surface area contributed by atoms with Gasteiger partial charge in [-0.2, -0.15) is 0 Å². The van der Waals surface area contributed by atoms with Crippen LogP contribution in [0.25, 0.3) is 77.4 Å². The molecule has 1 unspecified atom stereocenters. The summed E-state index contributed by atoms with van der Waals surface area (Å²) in [4.78, 5) is 2.56. The van der Waals surface area contributed by atoms with Crippen molar-refractivity contribution in [3.05, 3.63) is 246 Å². The van der Waals surface area contributed by atoms with Gasteiger partial charge in [0.1, 0.15) is 11.2 Å². The van der Waals surface area contributed by atoms with Crippen LogP contribution < -0.4 is 4.90 Å². The normalized spacial score (nSPS) is 14.8. The van der Waals surface area contributed by atoms with Crippen molar-refractivity contribution in [3.8, 4) is 33.6 Å². The Bertz CT molecular complexity index is 3920. The molecule has 4 heteroatoms. The van der Waals surface area contributed by atoms with Gasteiger partial charge in [-0.3, -0.25) is 0 Å². The van der Waals surface area contributed by atoms with Gasteiger partial charge in [0.15, 0.2) is 0 Å². The van der Waals surface area contributed by atoms with Gasteiger partial charge in [-0.25, -0.2) is 0 Å². The SMILES string of the molecule is CC1(C)c2ccccc2N(c2cccc(C3c4ccccc4-c4cc5ccn(-c6ccc7oc8ccccc8c7c6)c5cc43)c2-c2ccccc2)c2cc3c(ccn3-c3ccccc3)cc21. The maximum Gasteiger partial charge on any atom is 0.135 e. The highest BCUT2D eigenvalue weighted by Crippen LogP contribution is 2.57. The largest absolute Gasteiger partial charge is 0.456 e. The first kappa shape index (κ1) is 37.1. The Labute approximate surface area is 382 Å². The summed E-state index contributed by atoms with van der Waals surface area (Å²) in [5.74, 6) is -0.0202. The lowest BCUT2D eigenvalue weighted by Gasteiger charge is -2.43. The minimum Gasteiger partial charge on any atom is -0.456 e. The molecule has 0 amide bonds. The molecule has 0 saturated carbocycles. The van der Waals surface area contributed by atoms with E-state index in [-0.39, 0.29) is 11.3 Å². The number of nitrogens with zero attached hydrogens (tertiary/aromatic N) is 3. The van der Waals surface area contributed by atoms with Gasteiger partial charge in [0.25, 0.3) is 0 Å². The number of fused-ring (bicyclic) bond motifs is 10. The molecule has 66 heavy (non-hydrogen) atoms. The predicted octanol–water partition coefficient (Wildman–Crippen LogP) is 16.4. The zero-order valence-electron chi connectivity index (χ0n) is 36.6. The van der Waals surface area contributed by atoms with E-state index in [1.54, 1.807) is 0 Å². The summed E-state index contributed by atoms with van der Waals surface area (Å²) in [5, 5.41) is 4.70. The van der Waals surface area contributed by atoms with Crippen LogP contribution in [0.2, 0.25) is 0 Å². The summed E-state index contributed by atoms with van der Waals surface area (Å²) in [6.07, 6.45) is 4.43. The van der Waals surface area contributed by atoms with Crippen molar-refractivity contribution >= 4 is 60.8 Å². The van der Waals surface area contributed by atoms with Crippen LogP contribution in [0.1, 0.15) is 47.6 Å². The zero-order valence-corrected chi connectivity index (χ0v) is 36.6. The monoisotopic (exact) mass is 845 g/mol. The van der Waals surface area contributed by atoms with Gasteiger partial charge in [-0.05, 0) is 129 Å². The molecule has 0 bridgehead atoms. The van der Waals surface area contributed by atoms with E-state index in [1.165, 1.54) is 83.3 Å². The third-order valence-corrected chi connectivity index (χ3v) is 14.6. The number of para-hydroxylation sites is 3. The standard InChI is InChI=1S/C62H43N3O/c1-62(2)51-24-12-13-25-53(51)65(57-38-56-41(35-52(57)62)31-32-63(56)42-18-7-4-8-19-42)54-26-15-23-47(60(54)39-16-5-3-6-17-39)61-46-22-10-9-20-44(46)48-34-40-30-33-64(55(40)37-50(48)61)43-28-29-59-49(36-43)45-21-11-14-27-58(45)66-59/h3-38,61H,1-2H3. The summed E-state index contributed by atoms with van der Waals surface area (Å²) >= 11 is 0. The molecular formula is C62H43N3O. The van der Waals surface area contributed by atoms with Crippen LogP contribution in [0.4, 0.5) is 17.1 Å². The van der Waals surface area contributed by atoms with Gasteiger partial charge >= 0.3 is 0 Å². The van der Waals surface area contributed by atoms with Crippen molar-refractivity contribution < 1.29 is 4.42 Å². The molecule has 14 rings (SSSR count). The molecule has 0 spiro atoms. The van der Waals surface area contributed by atoms with Gasteiger partial charge in [-0.15, -0.1) is 0 Å². The Hall–Kier alpha value is -8.34. The van der Waals surface area contributed by atoms with E-state index in [4.69, 9.17) is 4.42 Å². The fourth-order valence-corrected chi connectivity index (χ4v) is 11.6. The van der Waals surface area contributed by atoms with Gasteiger partial charge in [-0.1, -0.05) is 135 Å². The molecular weight excluding hydrogens is 803 g/mol. The van der Waals surface area contributed by atoms with Crippen molar-refractivity contribution in [3.63, 3.8) is 0 Å². The summed E-state index contributed by atoms with van der Waals surface area (Å²) < 4.78 is 10.9. The Kier molecular flexibility index (Phi) is 7.77. The van der Waals surface area contributed by atoms with E-state index in [1.807, 2.05) is 12.1 Å². The quantitative estimate of drug-likeness (QED) is 0.172. The molecule has 1 aliphatic carbocycles. The van der Waals surface area contributed by atoms with Gasteiger partial charge in [0.2, 0.25) is 0 Å². The Morgan fingerprint density at radius 1 is 0.424 bits per heavy atom. The summed E-state index contributed by atoms with van der Waals surface area (Å²) in [7, 11) is 0. The minimum absolute atomic E-state index is 0.0202. The number of hydrogen-bond donors (Lipinski definition) is 0. The number of hydrogen-bond acceptors (Lipinski definition) is 2. The van der Waals surface area contributed by atoms with Crippen LogP contribution in [-0.4, -0.2) is 9.13 Å². The highest BCUT2D eigenvalue weighted by molar-refractivity contribution is 6.06. The third-order valence-electron chi connectivity index (χ3n) is 14.6. The van der Waals surface area contributed by atoms with Crippen molar-refractivity contribution in [1.29, 1.82) is 0 Å². The summed E-state index contributed by atoms with van der Waals surface area (Å²) in [6, 6.07) is 76.1. The van der Waals surface area contributed by atoms with E-state index >= 15 is 0 Å². The van der Waals surface area contributed by atoms with Gasteiger partial charge in [0.05, 0.1) is 28.1 Å². The number of benzene rings is 9. The minimum atomic E-state index is -0.241. The zero-order chi connectivity index (χ0) is 43.7. The fraction of sp³-hybridized carbons (Fsp3) is 0.0645. The van der Waals surface area contributed by atoms with Crippen LogP contribution in [0.3, 0.4) is 0 Å². The number of anilines is 3. The lowest BCUT2D eigenvalue weighted by Crippen LogP contribution is -2.31. The molecule has 1 aliphatic heterocycles.